The van der Waals surface area contributed by atoms with E-state index in [2.05, 4.69) is 41.5 Å². The van der Waals surface area contributed by atoms with E-state index >= 15 is 0 Å². The minimum Gasteiger partial charge on any atom is -0.448 e. The maximum atomic E-state index is 6.48. The van der Waals surface area contributed by atoms with E-state index in [9.17, 15) is 0 Å². The Balaban J connectivity index is 2.03. The van der Waals surface area contributed by atoms with Crippen molar-refractivity contribution < 1.29 is 9.47 Å². The molecule has 2 aliphatic carbocycles. The molecule has 0 bridgehead atoms. The van der Waals surface area contributed by atoms with E-state index in [0.717, 1.165) is 30.8 Å². The first-order valence-electron chi connectivity index (χ1n) is 8.48. The highest BCUT2D eigenvalue weighted by Crippen LogP contribution is 2.55. The van der Waals surface area contributed by atoms with Crippen molar-refractivity contribution >= 4 is 0 Å². The van der Waals surface area contributed by atoms with Gasteiger partial charge in [-0.25, -0.2) is 0 Å². The minimum atomic E-state index is -0.351. The summed E-state index contributed by atoms with van der Waals surface area (Å²) in [6.45, 7) is 13.7. The number of fused-ring (bicyclic) bond motifs is 1. The van der Waals surface area contributed by atoms with E-state index in [-0.39, 0.29) is 16.6 Å². The molecular weight excluding hydrogens is 260 g/mol. The summed E-state index contributed by atoms with van der Waals surface area (Å²) in [5.74, 6) is 1.81. The Labute approximate surface area is 129 Å². The predicted octanol–water partition coefficient (Wildman–Crippen LogP) is 5.70. The van der Waals surface area contributed by atoms with Crippen LogP contribution in [0.25, 0.3) is 0 Å². The molecule has 118 valence electrons. The molecule has 0 aromatic rings. The molecule has 1 saturated heterocycles. The third kappa shape index (κ3) is 2.51. The van der Waals surface area contributed by atoms with Gasteiger partial charge >= 0.3 is 0 Å². The summed E-state index contributed by atoms with van der Waals surface area (Å²) in [6, 6.07) is 0. The molecule has 2 nitrogen and oxygen atoms in total. The zero-order chi connectivity index (χ0) is 15.5. The summed E-state index contributed by atoms with van der Waals surface area (Å²) in [5.41, 5.74) is 3.11. The predicted molar refractivity (Wildman–Crippen MR) is 85.6 cm³/mol. The van der Waals surface area contributed by atoms with E-state index in [0.29, 0.717) is 0 Å². The summed E-state index contributed by atoms with van der Waals surface area (Å²) in [7, 11) is 0. The van der Waals surface area contributed by atoms with Crippen molar-refractivity contribution in [2.24, 2.45) is 10.8 Å². The summed E-state index contributed by atoms with van der Waals surface area (Å²) in [6.07, 6.45) is 6.83. The van der Waals surface area contributed by atoms with Crippen LogP contribution in [0, 0.1) is 10.8 Å². The van der Waals surface area contributed by atoms with Gasteiger partial charge in [0.15, 0.2) is 11.5 Å². The first-order chi connectivity index (χ1) is 9.62. The Morgan fingerprint density at radius 1 is 0.714 bits per heavy atom. The molecule has 2 fully saturated rings. The standard InChI is InChI=1S/C19H30O2/c1-17(2,3)13-12-14(18(4,5)6)16-15(13)20-19(21-16)10-8-7-9-11-19/h7-12H2,1-6H3. The lowest BCUT2D eigenvalue weighted by atomic mass is 9.79. The first kappa shape index (κ1) is 15.0. The maximum absolute atomic E-state index is 6.48. The van der Waals surface area contributed by atoms with E-state index in [4.69, 9.17) is 9.47 Å². The molecule has 0 radical (unpaired) electrons. The molecular formula is C19H30O2. The second kappa shape index (κ2) is 4.54. The highest BCUT2D eigenvalue weighted by molar-refractivity contribution is 5.47. The van der Waals surface area contributed by atoms with Gasteiger partial charge in [0.2, 0.25) is 0 Å². The van der Waals surface area contributed by atoms with Gasteiger partial charge in [-0.1, -0.05) is 48.0 Å². The second-order valence-corrected chi connectivity index (χ2v) is 8.97. The Hall–Kier alpha value is -0.920. The van der Waals surface area contributed by atoms with Crippen LogP contribution in [0.5, 0.6) is 0 Å². The summed E-state index contributed by atoms with van der Waals surface area (Å²) < 4.78 is 13.0. The molecule has 0 atom stereocenters. The fourth-order valence-corrected chi connectivity index (χ4v) is 3.73. The van der Waals surface area contributed by atoms with E-state index < -0.39 is 0 Å². The molecule has 1 saturated carbocycles. The largest absolute Gasteiger partial charge is 0.448 e. The fraction of sp³-hybridized carbons (Fsp3) is 0.789. The monoisotopic (exact) mass is 290 g/mol. The average Bonchev–Trinajstić information content (AvgIpc) is 2.82. The summed E-state index contributed by atoms with van der Waals surface area (Å²) >= 11 is 0. The van der Waals surface area contributed by atoms with Crippen molar-refractivity contribution in [2.75, 3.05) is 0 Å². The molecule has 1 aliphatic heterocycles. The van der Waals surface area contributed by atoms with Crippen molar-refractivity contribution in [1.82, 2.24) is 0 Å². The van der Waals surface area contributed by atoms with Gasteiger partial charge in [0.05, 0.1) is 0 Å². The Morgan fingerprint density at radius 3 is 1.52 bits per heavy atom. The van der Waals surface area contributed by atoms with E-state index in [1.807, 2.05) is 0 Å². The number of hydrogen-bond acceptors (Lipinski definition) is 2. The minimum absolute atomic E-state index is 0.136. The maximum Gasteiger partial charge on any atom is 0.251 e. The van der Waals surface area contributed by atoms with Crippen LogP contribution < -0.4 is 0 Å². The average molecular weight is 290 g/mol. The van der Waals surface area contributed by atoms with Crippen molar-refractivity contribution in [3.05, 3.63) is 22.7 Å². The van der Waals surface area contributed by atoms with Crippen LogP contribution in [0.2, 0.25) is 0 Å². The Bertz CT molecular complexity index is 463. The lowest BCUT2D eigenvalue weighted by Crippen LogP contribution is -2.32. The van der Waals surface area contributed by atoms with Gasteiger partial charge in [0, 0.05) is 12.8 Å². The first-order valence-corrected chi connectivity index (χ1v) is 8.48. The van der Waals surface area contributed by atoms with Gasteiger partial charge in [-0.2, -0.15) is 0 Å². The van der Waals surface area contributed by atoms with Crippen LogP contribution >= 0.6 is 0 Å². The molecule has 0 aromatic carbocycles. The van der Waals surface area contributed by atoms with E-state index in [1.165, 1.54) is 30.4 Å². The zero-order valence-corrected chi connectivity index (χ0v) is 14.6. The Kier molecular flexibility index (Phi) is 3.24. The van der Waals surface area contributed by atoms with Crippen LogP contribution in [-0.2, 0) is 9.47 Å². The topological polar surface area (TPSA) is 18.5 Å². The van der Waals surface area contributed by atoms with Crippen molar-refractivity contribution in [3.8, 4) is 0 Å². The number of rotatable bonds is 0. The molecule has 0 aromatic heterocycles. The molecule has 0 amide bonds. The fourth-order valence-electron chi connectivity index (χ4n) is 3.73. The van der Waals surface area contributed by atoms with Crippen LogP contribution in [0.1, 0.15) is 80.1 Å². The molecule has 21 heavy (non-hydrogen) atoms. The molecule has 2 heteroatoms. The zero-order valence-electron chi connectivity index (χ0n) is 14.6. The molecule has 3 rings (SSSR count). The van der Waals surface area contributed by atoms with Crippen LogP contribution in [-0.4, -0.2) is 5.79 Å². The van der Waals surface area contributed by atoms with E-state index in [1.54, 1.807) is 0 Å². The van der Waals surface area contributed by atoms with Crippen LogP contribution in [0.4, 0.5) is 0 Å². The third-order valence-corrected chi connectivity index (χ3v) is 5.11. The normalized spacial score (nSPS) is 25.2. The van der Waals surface area contributed by atoms with Gasteiger partial charge in [0.1, 0.15) is 0 Å². The molecule has 1 heterocycles. The lowest BCUT2D eigenvalue weighted by Gasteiger charge is -2.33. The molecule has 0 N–H and O–H groups in total. The van der Waals surface area contributed by atoms with Crippen molar-refractivity contribution in [1.29, 1.82) is 0 Å². The molecule has 3 aliphatic rings. The summed E-state index contributed by atoms with van der Waals surface area (Å²) in [5, 5.41) is 0. The van der Waals surface area contributed by atoms with Gasteiger partial charge < -0.3 is 9.47 Å². The van der Waals surface area contributed by atoms with Gasteiger partial charge in [-0.05, 0) is 41.2 Å². The Morgan fingerprint density at radius 2 is 1.14 bits per heavy atom. The smallest absolute Gasteiger partial charge is 0.251 e. The number of hydrogen-bond donors (Lipinski definition) is 0. The molecule has 0 unspecified atom stereocenters. The third-order valence-electron chi connectivity index (χ3n) is 5.11. The second-order valence-electron chi connectivity index (χ2n) is 8.97. The highest BCUT2D eigenvalue weighted by atomic mass is 16.7. The quantitative estimate of drug-likeness (QED) is 0.570. The van der Waals surface area contributed by atoms with Gasteiger partial charge in [0.25, 0.3) is 5.79 Å². The number of allylic oxidation sites excluding steroid dienone is 2. The summed E-state index contributed by atoms with van der Waals surface area (Å²) in [4.78, 5) is 0. The van der Waals surface area contributed by atoms with Gasteiger partial charge in [-0.3, -0.25) is 0 Å². The van der Waals surface area contributed by atoms with Gasteiger partial charge in [-0.15, -0.1) is 0 Å². The van der Waals surface area contributed by atoms with Crippen LogP contribution in [0.3, 0.4) is 0 Å². The number of ether oxygens (including phenoxy) is 2. The highest BCUT2D eigenvalue weighted by Gasteiger charge is 2.50. The van der Waals surface area contributed by atoms with Crippen molar-refractivity contribution in [2.45, 2.75) is 85.9 Å². The van der Waals surface area contributed by atoms with Crippen molar-refractivity contribution in [3.63, 3.8) is 0 Å². The van der Waals surface area contributed by atoms with Crippen LogP contribution in [0.15, 0.2) is 22.7 Å². The SMILES string of the molecule is CC(C)(C)C1=C2OC3(CCCCC3)OC2=C(C(C)(C)C)C1. The molecule has 1 spiro atoms. The lowest BCUT2D eigenvalue weighted by molar-refractivity contribution is -0.160.